The molecule has 2 nitrogen and oxygen atoms in total. The van der Waals surface area contributed by atoms with Gasteiger partial charge in [-0.15, -0.1) is 0 Å². The maximum absolute atomic E-state index is 5.90. The van der Waals surface area contributed by atoms with Gasteiger partial charge in [-0.1, -0.05) is 18.5 Å². The van der Waals surface area contributed by atoms with Gasteiger partial charge in [0.2, 0.25) is 5.28 Å². The summed E-state index contributed by atoms with van der Waals surface area (Å²) in [7, 11) is 0. The van der Waals surface area contributed by atoms with Crippen LogP contribution < -0.4 is 0 Å². The minimum absolute atomic E-state index is 0.254. The number of hydrogen-bond donors (Lipinski definition) is 0. The number of halogens is 2. The van der Waals surface area contributed by atoms with Crippen LogP contribution in [0.25, 0.3) is 0 Å². The van der Waals surface area contributed by atoms with Crippen LogP contribution >= 0.6 is 23.2 Å². The fraction of sp³-hybridized carbons (Fsp3) is 0.556. The molecule has 13 heavy (non-hydrogen) atoms. The second-order valence-corrected chi connectivity index (χ2v) is 4.31. The maximum Gasteiger partial charge on any atom is 0.224 e. The molecule has 0 saturated heterocycles. The molecule has 0 amide bonds. The molecule has 1 aromatic heterocycles. The second kappa shape index (κ2) is 3.10. The molecule has 0 radical (unpaired) electrons. The summed E-state index contributed by atoms with van der Waals surface area (Å²) in [4.78, 5) is 8.10. The van der Waals surface area contributed by atoms with E-state index in [1.807, 2.05) is 6.92 Å². The first-order valence-electron chi connectivity index (χ1n) is 4.29. The van der Waals surface area contributed by atoms with Crippen LogP contribution in [0.2, 0.25) is 10.4 Å². The van der Waals surface area contributed by atoms with Crippen LogP contribution in [-0.4, -0.2) is 9.97 Å². The van der Waals surface area contributed by atoms with E-state index in [2.05, 4.69) is 16.9 Å². The van der Waals surface area contributed by atoms with Crippen molar-refractivity contribution in [2.45, 2.75) is 26.2 Å². The van der Waals surface area contributed by atoms with E-state index < -0.39 is 0 Å². The molecule has 4 heteroatoms. The van der Waals surface area contributed by atoms with Gasteiger partial charge in [0, 0.05) is 11.5 Å². The molecule has 1 aliphatic carbocycles. The SMILES string of the molecule is Cc1c(Cl)nc(Cl)nc1C1CC1C. The molecule has 1 aliphatic rings. The average Bonchev–Trinajstić information content (AvgIpc) is 2.75. The predicted octanol–water partition coefficient (Wildman–Crippen LogP) is 3.22. The van der Waals surface area contributed by atoms with E-state index in [1.165, 1.54) is 6.42 Å². The standard InChI is InChI=1S/C9H10Cl2N2/c1-4-3-6(4)7-5(2)8(10)13-9(11)12-7/h4,6H,3H2,1-2H3. The summed E-state index contributed by atoms with van der Waals surface area (Å²) < 4.78 is 0. The van der Waals surface area contributed by atoms with E-state index in [-0.39, 0.29) is 5.28 Å². The summed E-state index contributed by atoms with van der Waals surface area (Å²) in [6.07, 6.45) is 1.19. The monoisotopic (exact) mass is 216 g/mol. The van der Waals surface area contributed by atoms with E-state index in [0.717, 1.165) is 11.3 Å². The lowest BCUT2D eigenvalue weighted by molar-refractivity contribution is 0.865. The first kappa shape index (κ1) is 9.22. The largest absolute Gasteiger partial charge is 0.224 e. The highest BCUT2D eigenvalue weighted by molar-refractivity contribution is 6.32. The van der Waals surface area contributed by atoms with E-state index in [9.17, 15) is 0 Å². The zero-order valence-electron chi connectivity index (χ0n) is 7.51. The quantitative estimate of drug-likeness (QED) is 0.533. The van der Waals surface area contributed by atoms with E-state index in [1.54, 1.807) is 0 Å². The minimum atomic E-state index is 0.254. The molecule has 0 aromatic carbocycles. The molecular formula is C9H10Cl2N2. The van der Waals surface area contributed by atoms with E-state index in [4.69, 9.17) is 23.2 Å². The highest BCUT2D eigenvalue weighted by Crippen LogP contribution is 2.47. The van der Waals surface area contributed by atoms with Crippen LogP contribution in [0.15, 0.2) is 0 Å². The molecule has 0 aliphatic heterocycles. The first-order chi connectivity index (χ1) is 6.09. The summed E-state index contributed by atoms with van der Waals surface area (Å²) >= 11 is 11.6. The second-order valence-electron chi connectivity index (χ2n) is 3.61. The lowest BCUT2D eigenvalue weighted by Gasteiger charge is -2.04. The molecule has 1 aromatic rings. The Bertz CT molecular complexity index is 352. The van der Waals surface area contributed by atoms with Gasteiger partial charge in [0.1, 0.15) is 5.15 Å². The number of hydrogen-bond acceptors (Lipinski definition) is 2. The third-order valence-corrected chi connectivity index (χ3v) is 3.09. The molecule has 2 unspecified atom stereocenters. The van der Waals surface area contributed by atoms with Crippen molar-refractivity contribution in [1.82, 2.24) is 9.97 Å². The van der Waals surface area contributed by atoms with Crippen LogP contribution in [0.3, 0.4) is 0 Å². The molecule has 0 N–H and O–H groups in total. The van der Waals surface area contributed by atoms with Crippen molar-refractivity contribution in [2.75, 3.05) is 0 Å². The Morgan fingerprint density at radius 2 is 1.92 bits per heavy atom. The maximum atomic E-state index is 5.90. The Morgan fingerprint density at radius 3 is 2.46 bits per heavy atom. The van der Waals surface area contributed by atoms with Gasteiger partial charge in [0.05, 0.1) is 5.69 Å². The van der Waals surface area contributed by atoms with Crippen molar-refractivity contribution in [1.29, 1.82) is 0 Å². The molecule has 1 heterocycles. The zero-order chi connectivity index (χ0) is 9.59. The summed E-state index contributed by atoms with van der Waals surface area (Å²) in [6, 6.07) is 0. The number of nitrogens with zero attached hydrogens (tertiary/aromatic N) is 2. The lowest BCUT2D eigenvalue weighted by atomic mass is 10.1. The Balaban J connectivity index is 2.44. The normalized spacial score (nSPS) is 26.2. The van der Waals surface area contributed by atoms with Crippen molar-refractivity contribution in [3.8, 4) is 0 Å². The van der Waals surface area contributed by atoms with E-state index >= 15 is 0 Å². The molecule has 2 atom stereocenters. The van der Waals surface area contributed by atoms with Gasteiger partial charge in [-0.25, -0.2) is 9.97 Å². The molecule has 0 spiro atoms. The minimum Gasteiger partial charge on any atom is -0.222 e. The molecular weight excluding hydrogens is 207 g/mol. The van der Waals surface area contributed by atoms with Crippen molar-refractivity contribution in [3.05, 3.63) is 21.7 Å². The Hall–Kier alpha value is -0.340. The summed E-state index contributed by atoms with van der Waals surface area (Å²) in [5.74, 6) is 1.25. The third-order valence-electron chi connectivity index (χ3n) is 2.56. The Labute approximate surface area is 87.3 Å². The average molecular weight is 217 g/mol. The molecule has 1 saturated carbocycles. The topological polar surface area (TPSA) is 25.8 Å². The fourth-order valence-corrected chi connectivity index (χ4v) is 1.94. The van der Waals surface area contributed by atoms with Gasteiger partial charge in [0.25, 0.3) is 0 Å². The van der Waals surface area contributed by atoms with Crippen LogP contribution in [0.5, 0.6) is 0 Å². The van der Waals surface area contributed by atoms with Gasteiger partial charge >= 0.3 is 0 Å². The van der Waals surface area contributed by atoms with Crippen molar-refractivity contribution in [2.24, 2.45) is 5.92 Å². The van der Waals surface area contributed by atoms with Crippen LogP contribution in [-0.2, 0) is 0 Å². The lowest BCUT2D eigenvalue weighted by Crippen LogP contribution is -1.97. The molecule has 1 fully saturated rings. The van der Waals surface area contributed by atoms with Crippen LogP contribution in [0.4, 0.5) is 0 Å². The van der Waals surface area contributed by atoms with E-state index in [0.29, 0.717) is 17.0 Å². The highest BCUT2D eigenvalue weighted by Gasteiger charge is 2.37. The summed E-state index contributed by atoms with van der Waals surface area (Å²) in [5.41, 5.74) is 2.00. The van der Waals surface area contributed by atoms with Gasteiger partial charge in [0.15, 0.2) is 0 Å². The van der Waals surface area contributed by atoms with Crippen molar-refractivity contribution < 1.29 is 0 Å². The van der Waals surface area contributed by atoms with Crippen LogP contribution in [0.1, 0.15) is 30.5 Å². The van der Waals surface area contributed by atoms with Gasteiger partial charge in [-0.3, -0.25) is 0 Å². The van der Waals surface area contributed by atoms with Crippen molar-refractivity contribution in [3.63, 3.8) is 0 Å². The number of aromatic nitrogens is 2. The van der Waals surface area contributed by atoms with Crippen LogP contribution in [0, 0.1) is 12.8 Å². The summed E-state index contributed by atoms with van der Waals surface area (Å²) in [6.45, 7) is 4.15. The predicted molar refractivity (Wildman–Crippen MR) is 53.3 cm³/mol. The Morgan fingerprint density at radius 1 is 1.31 bits per heavy atom. The molecule has 2 rings (SSSR count). The van der Waals surface area contributed by atoms with Gasteiger partial charge in [-0.2, -0.15) is 0 Å². The van der Waals surface area contributed by atoms with Gasteiger partial charge < -0.3 is 0 Å². The van der Waals surface area contributed by atoms with Gasteiger partial charge in [-0.05, 0) is 30.9 Å². The molecule has 70 valence electrons. The number of rotatable bonds is 1. The fourth-order valence-electron chi connectivity index (χ4n) is 1.54. The highest BCUT2D eigenvalue weighted by atomic mass is 35.5. The smallest absolute Gasteiger partial charge is 0.222 e. The third kappa shape index (κ3) is 1.65. The first-order valence-corrected chi connectivity index (χ1v) is 5.04. The zero-order valence-corrected chi connectivity index (χ0v) is 9.02. The Kier molecular flexibility index (Phi) is 2.20. The summed E-state index contributed by atoms with van der Waals surface area (Å²) in [5, 5.41) is 0.735. The van der Waals surface area contributed by atoms with Crippen molar-refractivity contribution >= 4 is 23.2 Å². The molecule has 0 bridgehead atoms.